The average Bonchev–Trinajstić information content (AvgIpc) is 2.17. The Morgan fingerprint density at radius 1 is 1.36 bits per heavy atom. The second kappa shape index (κ2) is 5.59. The fraction of sp³-hybridized carbons (Fsp3) is 0.222. The van der Waals surface area contributed by atoms with Crippen LogP contribution < -0.4 is 5.73 Å². The summed E-state index contributed by atoms with van der Waals surface area (Å²) in [4.78, 5) is 10.5. The standard InChI is InChI=1S/C9H11NO3.ClH/c10-8(5-11)6-1-3-7(4-2-6)9(12)13;/h1-4,8,11H,5,10H2,(H,12,13);1H/t8-;/m0./s1. The topological polar surface area (TPSA) is 83.5 Å². The molecule has 0 saturated heterocycles. The molecule has 78 valence electrons. The molecule has 1 atom stereocenters. The van der Waals surface area contributed by atoms with E-state index in [4.69, 9.17) is 15.9 Å². The summed E-state index contributed by atoms with van der Waals surface area (Å²) < 4.78 is 0. The molecule has 0 bridgehead atoms. The molecule has 0 aromatic heterocycles. The van der Waals surface area contributed by atoms with Gasteiger partial charge in [0.2, 0.25) is 0 Å². The summed E-state index contributed by atoms with van der Waals surface area (Å²) in [6.07, 6.45) is 0. The van der Waals surface area contributed by atoms with E-state index in [0.717, 1.165) is 5.56 Å². The van der Waals surface area contributed by atoms with Crippen molar-refractivity contribution in [3.63, 3.8) is 0 Å². The van der Waals surface area contributed by atoms with Crippen molar-refractivity contribution in [1.82, 2.24) is 0 Å². The Morgan fingerprint density at radius 2 is 1.86 bits per heavy atom. The Hall–Kier alpha value is -1.10. The highest BCUT2D eigenvalue weighted by Gasteiger charge is 2.05. The van der Waals surface area contributed by atoms with Gasteiger partial charge in [-0.3, -0.25) is 0 Å². The number of nitrogens with two attached hydrogens (primary N) is 1. The minimum atomic E-state index is -0.968. The molecule has 5 heteroatoms. The lowest BCUT2D eigenvalue weighted by atomic mass is 10.1. The molecule has 0 aliphatic carbocycles. The van der Waals surface area contributed by atoms with Crippen LogP contribution in [0.1, 0.15) is 22.0 Å². The summed E-state index contributed by atoms with van der Waals surface area (Å²) in [5.41, 5.74) is 6.47. The van der Waals surface area contributed by atoms with E-state index < -0.39 is 12.0 Å². The summed E-state index contributed by atoms with van der Waals surface area (Å²) in [5.74, 6) is -0.968. The maximum Gasteiger partial charge on any atom is 0.335 e. The fourth-order valence-electron chi connectivity index (χ4n) is 0.978. The monoisotopic (exact) mass is 217 g/mol. The van der Waals surface area contributed by atoms with Crippen molar-refractivity contribution in [3.05, 3.63) is 35.4 Å². The van der Waals surface area contributed by atoms with Crippen molar-refractivity contribution >= 4 is 18.4 Å². The first-order valence-electron chi connectivity index (χ1n) is 3.85. The van der Waals surface area contributed by atoms with E-state index in [1.165, 1.54) is 12.1 Å². The zero-order valence-corrected chi connectivity index (χ0v) is 8.20. The average molecular weight is 218 g/mol. The highest BCUT2D eigenvalue weighted by molar-refractivity contribution is 5.87. The van der Waals surface area contributed by atoms with Crippen LogP contribution in [0.15, 0.2) is 24.3 Å². The van der Waals surface area contributed by atoms with Crippen LogP contribution in [-0.2, 0) is 0 Å². The van der Waals surface area contributed by atoms with Gasteiger partial charge in [0.15, 0.2) is 0 Å². The summed E-state index contributed by atoms with van der Waals surface area (Å²) in [6, 6.07) is 5.69. The second-order valence-corrected chi connectivity index (χ2v) is 2.72. The van der Waals surface area contributed by atoms with E-state index in [2.05, 4.69) is 0 Å². The van der Waals surface area contributed by atoms with Crippen molar-refractivity contribution in [3.8, 4) is 0 Å². The maximum absolute atomic E-state index is 10.5. The van der Waals surface area contributed by atoms with E-state index in [1.54, 1.807) is 12.1 Å². The molecule has 0 radical (unpaired) electrons. The van der Waals surface area contributed by atoms with E-state index >= 15 is 0 Å². The van der Waals surface area contributed by atoms with Gasteiger partial charge in [-0.25, -0.2) is 4.79 Å². The van der Waals surface area contributed by atoms with Crippen LogP contribution in [-0.4, -0.2) is 22.8 Å². The first-order valence-corrected chi connectivity index (χ1v) is 3.85. The molecule has 0 amide bonds. The summed E-state index contributed by atoms with van der Waals surface area (Å²) in [5, 5.41) is 17.3. The Labute approximate surface area is 87.8 Å². The number of halogens is 1. The molecule has 0 fully saturated rings. The molecule has 0 spiro atoms. The third kappa shape index (κ3) is 2.99. The quantitative estimate of drug-likeness (QED) is 0.699. The lowest BCUT2D eigenvalue weighted by molar-refractivity contribution is 0.0697. The predicted octanol–water partition coefficient (Wildman–Crippen LogP) is 0.799. The largest absolute Gasteiger partial charge is 0.478 e. The summed E-state index contributed by atoms with van der Waals surface area (Å²) in [6.45, 7) is -0.146. The van der Waals surface area contributed by atoms with Crippen LogP contribution in [0, 0.1) is 0 Å². The van der Waals surface area contributed by atoms with Crippen LogP contribution >= 0.6 is 12.4 Å². The van der Waals surface area contributed by atoms with E-state index in [-0.39, 0.29) is 24.6 Å². The predicted molar refractivity (Wildman–Crippen MR) is 54.7 cm³/mol. The minimum Gasteiger partial charge on any atom is -0.478 e. The number of rotatable bonds is 3. The number of carboxylic acid groups (broad SMARTS) is 1. The van der Waals surface area contributed by atoms with Gasteiger partial charge in [-0.1, -0.05) is 12.1 Å². The van der Waals surface area contributed by atoms with E-state index in [9.17, 15) is 4.79 Å². The molecule has 0 saturated carbocycles. The molecular formula is C9H12ClNO3. The molecule has 0 unspecified atom stereocenters. The van der Waals surface area contributed by atoms with Gasteiger partial charge in [0.25, 0.3) is 0 Å². The number of aliphatic hydroxyl groups excluding tert-OH is 1. The second-order valence-electron chi connectivity index (χ2n) is 2.72. The number of carbonyl (C=O) groups is 1. The van der Waals surface area contributed by atoms with Gasteiger partial charge in [-0.2, -0.15) is 0 Å². The van der Waals surface area contributed by atoms with Crippen LogP contribution in [0.4, 0.5) is 0 Å². The molecule has 0 heterocycles. The maximum atomic E-state index is 10.5. The van der Waals surface area contributed by atoms with Crippen molar-refractivity contribution in [2.75, 3.05) is 6.61 Å². The summed E-state index contributed by atoms with van der Waals surface area (Å²) >= 11 is 0. The lowest BCUT2D eigenvalue weighted by Gasteiger charge is -2.07. The zero-order chi connectivity index (χ0) is 9.84. The van der Waals surface area contributed by atoms with Gasteiger partial charge in [-0.15, -0.1) is 12.4 Å². The molecule has 1 aromatic rings. The highest BCUT2D eigenvalue weighted by Crippen LogP contribution is 2.10. The first-order chi connectivity index (χ1) is 6.15. The van der Waals surface area contributed by atoms with Crippen LogP contribution in [0.5, 0.6) is 0 Å². The minimum absolute atomic E-state index is 0. The highest BCUT2D eigenvalue weighted by atomic mass is 35.5. The molecule has 14 heavy (non-hydrogen) atoms. The Balaban J connectivity index is 0.00000169. The van der Waals surface area contributed by atoms with E-state index in [1.807, 2.05) is 0 Å². The fourth-order valence-corrected chi connectivity index (χ4v) is 0.978. The van der Waals surface area contributed by atoms with Crippen molar-refractivity contribution in [2.24, 2.45) is 5.73 Å². The number of aromatic carboxylic acids is 1. The third-order valence-electron chi connectivity index (χ3n) is 1.78. The van der Waals surface area contributed by atoms with Gasteiger partial charge in [-0.05, 0) is 17.7 Å². The van der Waals surface area contributed by atoms with E-state index in [0.29, 0.717) is 0 Å². The molecule has 1 aromatic carbocycles. The molecule has 4 nitrogen and oxygen atoms in total. The van der Waals surface area contributed by atoms with Crippen LogP contribution in [0.2, 0.25) is 0 Å². The number of hydrogen-bond acceptors (Lipinski definition) is 3. The van der Waals surface area contributed by atoms with Crippen molar-refractivity contribution in [1.29, 1.82) is 0 Å². The first kappa shape index (κ1) is 12.9. The summed E-state index contributed by atoms with van der Waals surface area (Å²) in [7, 11) is 0. The van der Waals surface area contributed by atoms with Gasteiger partial charge < -0.3 is 15.9 Å². The van der Waals surface area contributed by atoms with Gasteiger partial charge >= 0.3 is 5.97 Å². The van der Waals surface area contributed by atoms with Gasteiger partial charge in [0, 0.05) is 0 Å². The van der Waals surface area contributed by atoms with Crippen LogP contribution in [0.25, 0.3) is 0 Å². The lowest BCUT2D eigenvalue weighted by Crippen LogP contribution is -2.14. The number of carboxylic acids is 1. The SMILES string of the molecule is Cl.N[C@@H](CO)c1ccc(C(=O)O)cc1. The number of aliphatic hydroxyl groups is 1. The smallest absolute Gasteiger partial charge is 0.335 e. The molecule has 0 aliphatic heterocycles. The number of benzene rings is 1. The van der Waals surface area contributed by atoms with Crippen LogP contribution in [0.3, 0.4) is 0 Å². The Bertz CT molecular complexity index is 299. The molecule has 1 rings (SSSR count). The number of hydrogen-bond donors (Lipinski definition) is 3. The third-order valence-corrected chi connectivity index (χ3v) is 1.78. The van der Waals surface area contributed by atoms with Gasteiger partial charge in [0.1, 0.15) is 0 Å². The zero-order valence-electron chi connectivity index (χ0n) is 7.38. The molecule has 4 N–H and O–H groups in total. The Morgan fingerprint density at radius 3 is 2.21 bits per heavy atom. The Kier molecular flexibility index (Phi) is 5.15. The normalized spacial score (nSPS) is 11.6. The van der Waals surface area contributed by atoms with Crippen molar-refractivity contribution < 1.29 is 15.0 Å². The van der Waals surface area contributed by atoms with Gasteiger partial charge in [0.05, 0.1) is 18.2 Å². The molecule has 0 aliphatic rings. The molecular weight excluding hydrogens is 206 g/mol. The van der Waals surface area contributed by atoms with Crippen molar-refractivity contribution in [2.45, 2.75) is 6.04 Å².